The van der Waals surface area contributed by atoms with Crippen molar-refractivity contribution < 1.29 is 19.0 Å². The van der Waals surface area contributed by atoms with Crippen LogP contribution >= 0.6 is 0 Å². The summed E-state index contributed by atoms with van der Waals surface area (Å²) in [5, 5.41) is 10.7. The third kappa shape index (κ3) is 4.28. The Morgan fingerprint density at radius 1 is 1.30 bits per heavy atom. The molecule has 1 aromatic heterocycles. The van der Waals surface area contributed by atoms with Crippen molar-refractivity contribution in [3.63, 3.8) is 0 Å². The number of aromatic hydroxyl groups is 1. The van der Waals surface area contributed by atoms with Gasteiger partial charge in [0.25, 0.3) is 0 Å². The summed E-state index contributed by atoms with van der Waals surface area (Å²) in [5.74, 6) is 0.222. The summed E-state index contributed by atoms with van der Waals surface area (Å²) in [6.07, 6.45) is 5.60. The smallest absolute Gasteiger partial charge is 0.383 e. The van der Waals surface area contributed by atoms with E-state index in [2.05, 4.69) is 0 Å². The van der Waals surface area contributed by atoms with Crippen molar-refractivity contribution in [3.8, 4) is 17.2 Å². The van der Waals surface area contributed by atoms with E-state index in [1.165, 1.54) is 0 Å². The molecule has 5 nitrogen and oxygen atoms in total. The van der Waals surface area contributed by atoms with Gasteiger partial charge in [-0.1, -0.05) is 19.1 Å². The van der Waals surface area contributed by atoms with Gasteiger partial charge in [0.1, 0.15) is 11.3 Å². The largest absolute Gasteiger partial charge is 0.504 e. The van der Waals surface area contributed by atoms with E-state index in [0.717, 1.165) is 6.42 Å². The molecule has 0 saturated carbocycles. The van der Waals surface area contributed by atoms with Crippen LogP contribution in [-0.2, 0) is 0 Å². The molecular weight excluding hydrogens is 296 g/mol. The van der Waals surface area contributed by atoms with Crippen molar-refractivity contribution in [1.82, 2.24) is 0 Å². The Morgan fingerprint density at radius 3 is 2.78 bits per heavy atom. The van der Waals surface area contributed by atoms with Gasteiger partial charge in [0, 0.05) is 6.07 Å². The van der Waals surface area contributed by atoms with Crippen LogP contribution in [0.4, 0.5) is 0 Å². The van der Waals surface area contributed by atoms with Gasteiger partial charge in [0.15, 0.2) is 5.75 Å². The summed E-state index contributed by atoms with van der Waals surface area (Å²) >= 11 is 0. The fourth-order valence-corrected chi connectivity index (χ4v) is 2.13. The zero-order valence-electron chi connectivity index (χ0n) is 13.7. The van der Waals surface area contributed by atoms with Gasteiger partial charge in [-0.15, -0.1) is 0 Å². The minimum absolute atomic E-state index is 0.00607. The monoisotopic (exact) mass is 318 g/mol. The molecule has 1 aromatic carbocycles. The molecule has 2 rings (SSSR count). The lowest BCUT2D eigenvalue weighted by atomic mass is 10.2. The first-order chi connectivity index (χ1) is 11.0. The fourth-order valence-electron chi connectivity index (χ4n) is 2.13. The molecule has 0 bridgehead atoms. The highest BCUT2D eigenvalue weighted by atomic mass is 16.5. The van der Waals surface area contributed by atoms with Crippen LogP contribution in [0.25, 0.3) is 11.0 Å². The molecule has 23 heavy (non-hydrogen) atoms. The maximum atomic E-state index is 12.0. The van der Waals surface area contributed by atoms with E-state index in [-0.39, 0.29) is 23.2 Å². The second-order valence-electron chi connectivity index (χ2n) is 5.41. The molecule has 0 unspecified atom stereocenters. The van der Waals surface area contributed by atoms with Crippen molar-refractivity contribution in [2.75, 3.05) is 6.61 Å². The van der Waals surface area contributed by atoms with Crippen LogP contribution in [0.2, 0.25) is 0 Å². The molecule has 0 fully saturated rings. The Balaban J connectivity index is 2.26. The Bertz CT molecular complexity index is 743. The van der Waals surface area contributed by atoms with E-state index in [4.69, 9.17) is 13.9 Å². The van der Waals surface area contributed by atoms with Crippen molar-refractivity contribution in [3.05, 3.63) is 40.8 Å². The summed E-state index contributed by atoms with van der Waals surface area (Å²) in [4.78, 5) is 12.0. The van der Waals surface area contributed by atoms with E-state index >= 15 is 0 Å². The van der Waals surface area contributed by atoms with Gasteiger partial charge in [-0.05, 0) is 38.8 Å². The summed E-state index contributed by atoms with van der Waals surface area (Å²) < 4.78 is 16.2. The highest BCUT2D eigenvalue weighted by Gasteiger charge is 2.16. The first-order valence-corrected chi connectivity index (χ1v) is 7.77. The van der Waals surface area contributed by atoms with Crippen molar-refractivity contribution in [1.29, 1.82) is 0 Å². The number of allylic oxidation sites excluding steroid dienone is 1. The predicted molar refractivity (Wildman–Crippen MR) is 89.5 cm³/mol. The van der Waals surface area contributed by atoms with Gasteiger partial charge >= 0.3 is 5.63 Å². The Labute approximate surface area is 135 Å². The van der Waals surface area contributed by atoms with Gasteiger partial charge in [-0.3, -0.25) is 0 Å². The van der Waals surface area contributed by atoms with Crippen molar-refractivity contribution >= 4 is 11.0 Å². The molecule has 0 radical (unpaired) electrons. The summed E-state index contributed by atoms with van der Waals surface area (Å²) in [7, 11) is 0. The van der Waals surface area contributed by atoms with Gasteiger partial charge in [0.2, 0.25) is 5.75 Å². The zero-order chi connectivity index (χ0) is 16.8. The maximum absolute atomic E-state index is 12.0. The highest BCUT2D eigenvalue weighted by molar-refractivity contribution is 5.86. The van der Waals surface area contributed by atoms with Gasteiger partial charge in [-0.2, -0.15) is 0 Å². The molecule has 0 spiro atoms. The average Bonchev–Trinajstić information content (AvgIpc) is 2.49. The summed E-state index contributed by atoms with van der Waals surface area (Å²) in [6.45, 7) is 6.15. The fraction of sp³-hybridized carbons (Fsp3) is 0.389. The molecule has 0 saturated heterocycles. The maximum Gasteiger partial charge on any atom is 0.383 e. The molecular formula is C18H22O5. The first-order valence-electron chi connectivity index (χ1n) is 7.77. The van der Waals surface area contributed by atoms with E-state index < -0.39 is 5.63 Å². The van der Waals surface area contributed by atoms with E-state index in [9.17, 15) is 9.90 Å². The lowest BCUT2D eigenvalue weighted by Gasteiger charge is -2.11. The third-order valence-electron chi connectivity index (χ3n) is 3.12. The van der Waals surface area contributed by atoms with E-state index in [0.29, 0.717) is 24.2 Å². The lowest BCUT2D eigenvalue weighted by Crippen LogP contribution is -2.09. The Kier molecular flexibility index (Phi) is 5.68. The van der Waals surface area contributed by atoms with E-state index in [1.54, 1.807) is 18.2 Å². The normalized spacial score (nSPS) is 11.5. The van der Waals surface area contributed by atoms with Gasteiger partial charge < -0.3 is 19.0 Å². The molecule has 1 heterocycles. The number of fused-ring (bicyclic) bond motifs is 1. The molecule has 0 aliphatic carbocycles. The average molecular weight is 318 g/mol. The minimum atomic E-state index is -0.698. The van der Waals surface area contributed by atoms with Gasteiger partial charge in [0.05, 0.1) is 18.1 Å². The van der Waals surface area contributed by atoms with Crippen LogP contribution in [0.5, 0.6) is 17.2 Å². The highest BCUT2D eigenvalue weighted by Crippen LogP contribution is 2.33. The standard InChI is InChI=1S/C18H22O5/c1-4-5-6-7-10-21-17-16(19)14-9-8-13(22-12(2)3)11-15(14)23-18(17)20/h5-6,8-9,11-12,19H,4,7,10H2,1-3H3/b6-5+. The van der Waals surface area contributed by atoms with Crippen LogP contribution < -0.4 is 15.1 Å². The SMILES string of the molecule is CC/C=C/CCOc1c(O)c2ccc(OC(C)C)cc2oc1=O. The molecule has 1 N–H and O–H groups in total. The molecule has 0 aliphatic heterocycles. The van der Waals surface area contributed by atoms with Crippen LogP contribution in [0.1, 0.15) is 33.6 Å². The minimum Gasteiger partial charge on any atom is -0.504 e. The molecule has 5 heteroatoms. The third-order valence-corrected chi connectivity index (χ3v) is 3.12. The quantitative estimate of drug-likeness (QED) is 0.474. The summed E-state index contributed by atoms with van der Waals surface area (Å²) in [5.41, 5.74) is -0.431. The first kappa shape index (κ1) is 16.9. The number of hydrogen-bond acceptors (Lipinski definition) is 5. The molecule has 124 valence electrons. The van der Waals surface area contributed by atoms with Crippen LogP contribution in [0.15, 0.2) is 39.6 Å². The number of benzene rings is 1. The van der Waals surface area contributed by atoms with Gasteiger partial charge in [-0.25, -0.2) is 4.79 Å². The number of rotatable bonds is 7. The van der Waals surface area contributed by atoms with Crippen LogP contribution in [0, 0.1) is 0 Å². The zero-order valence-corrected chi connectivity index (χ0v) is 13.7. The number of hydrogen-bond donors (Lipinski definition) is 1. The predicted octanol–water partition coefficient (Wildman–Crippen LogP) is 4.02. The molecule has 0 aliphatic rings. The number of ether oxygens (including phenoxy) is 2. The van der Waals surface area contributed by atoms with Crippen molar-refractivity contribution in [2.24, 2.45) is 0 Å². The lowest BCUT2D eigenvalue weighted by molar-refractivity contribution is 0.242. The van der Waals surface area contributed by atoms with Crippen LogP contribution in [0.3, 0.4) is 0 Å². The Morgan fingerprint density at radius 2 is 2.09 bits per heavy atom. The van der Waals surface area contributed by atoms with Crippen molar-refractivity contribution in [2.45, 2.75) is 39.7 Å². The molecule has 0 atom stereocenters. The second kappa shape index (κ2) is 7.72. The molecule has 0 amide bonds. The Hall–Kier alpha value is -2.43. The second-order valence-corrected chi connectivity index (χ2v) is 5.41. The van der Waals surface area contributed by atoms with E-state index in [1.807, 2.05) is 32.9 Å². The topological polar surface area (TPSA) is 68.9 Å². The summed E-state index contributed by atoms with van der Waals surface area (Å²) in [6, 6.07) is 4.95. The molecule has 2 aromatic rings. The van der Waals surface area contributed by atoms with Crippen LogP contribution in [-0.4, -0.2) is 17.8 Å².